The lowest BCUT2D eigenvalue weighted by Gasteiger charge is -2.02. The molecule has 2 aromatic rings. The Morgan fingerprint density at radius 1 is 1.33 bits per heavy atom. The van der Waals surface area contributed by atoms with Crippen LogP contribution in [0.25, 0.3) is 11.3 Å². The van der Waals surface area contributed by atoms with Gasteiger partial charge in [-0.05, 0) is 18.2 Å². The van der Waals surface area contributed by atoms with Crippen molar-refractivity contribution < 1.29 is 4.39 Å². The molecule has 0 aliphatic rings. The van der Waals surface area contributed by atoms with Gasteiger partial charge < -0.3 is 5.73 Å². The molecule has 0 amide bonds. The average Bonchev–Trinajstić information content (AvgIpc) is 2.52. The summed E-state index contributed by atoms with van der Waals surface area (Å²) in [5.74, 6) is -0.661. The number of hydrogen-bond donors (Lipinski definition) is 2. The molecular weight excluding hydrogens is 329 g/mol. The van der Waals surface area contributed by atoms with E-state index in [9.17, 15) is 4.39 Å². The van der Waals surface area contributed by atoms with Crippen molar-refractivity contribution in [3.63, 3.8) is 0 Å². The van der Waals surface area contributed by atoms with Gasteiger partial charge in [-0.1, -0.05) is 31.9 Å². The first-order valence-electron chi connectivity index (χ1n) is 4.04. The molecule has 0 aliphatic heterocycles. The van der Waals surface area contributed by atoms with Gasteiger partial charge in [-0.3, -0.25) is 5.10 Å². The second kappa shape index (κ2) is 3.94. The maximum Gasteiger partial charge on any atom is 0.192 e. The molecule has 3 N–H and O–H groups in total. The van der Waals surface area contributed by atoms with E-state index in [-0.39, 0.29) is 11.5 Å². The maximum absolute atomic E-state index is 13.5. The van der Waals surface area contributed by atoms with Crippen LogP contribution in [-0.2, 0) is 0 Å². The number of nitrogens with one attached hydrogen (secondary N) is 1. The van der Waals surface area contributed by atoms with Crippen LogP contribution >= 0.6 is 31.9 Å². The van der Waals surface area contributed by atoms with Gasteiger partial charge in [0.05, 0.1) is 0 Å². The lowest BCUT2D eigenvalue weighted by molar-refractivity contribution is 0.636. The minimum absolute atomic E-state index is 0.128. The summed E-state index contributed by atoms with van der Waals surface area (Å²) in [6, 6.07) is 5.45. The summed E-state index contributed by atoms with van der Waals surface area (Å²) in [7, 11) is 0. The van der Waals surface area contributed by atoms with Crippen LogP contribution in [0.5, 0.6) is 0 Å². The van der Waals surface area contributed by atoms with E-state index in [2.05, 4.69) is 42.1 Å². The topological polar surface area (TPSA) is 54.7 Å². The molecule has 0 aliphatic carbocycles. The second-order valence-corrected chi connectivity index (χ2v) is 4.69. The molecule has 0 bridgehead atoms. The number of halogens is 3. The lowest BCUT2D eigenvalue weighted by atomic mass is 10.1. The third-order valence-electron chi connectivity index (χ3n) is 1.93. The molecule has 6 heteroatoms. The summed E-state index contributed by atoms with van der Waals surface area (Å²) in [5.41, 5.74) is 6.27. The molecule has 1 aromatic heterocycles. The number of H-pyrrole nitrogens is 1. The fourth-order valence-electron chi connectivity index (χ4n) is 1.21. The number of aromatic nitrogens is 2. The monoisotopic (exact) mass is 333 g/mol. The molecule has 0 atom stereocenters. The summed E-state index contributed by atoms with van der Waals surface area (Å²) in [6.07, 6.45) is 0. The number of nitrogens with two attached hydrogens (primary N) is 1. The number of nitrogens with zero attached hydrogens (tertiary/aromatic N) is 1. The zero-order chi connectivity index (χ0) is 11.0. The summed E-state index contributed by atoms with van der Waals surface area (Å²) in [6.45, 7) is 0. The number of aromatic amines is 1. The van der Waals surface area contributed by atoms with Crippen molar-refractivity contribution in [1.82, 2.24) is 10.2 Å². The predicted molar refractivity (Wildman–Crippen MR) is 63.8 cm³/mol. The fraction of sp³-hybridized carbons (Fsp3) is 0. The maximum atomic E-state index is 13.5. The Kier molecular flexibility index (Phi) is 2.79. The van der Waals surface area contributed by atoms with Crippen LogP contribution in [0, 0.1) is 5.82 Å². The van der Waals surface area contributed by atoms with Crippen molar-refractivity contribution in [1.29, 1.82) is 0 Å². The minimum atomic E-state index is -0.534. The number of nitrogen functional groups attached to an aromatic ring is 1. The van der Waals surface area contributed by atoms with Gasteiger partial charge in [0.2, 0.25) is 0 Å². The van der Waals surface area contributed by atoms with E-state index in [4.69, 9.17) is 5.73 Å². The summed E-state index contributed by atoms with van der Waals surface area (Å²) in [4.78, 5) is 0. The van der Waals surface area contributed by atoms with Crippen LogP contribution in [0.3, 0.4) is 0 Å². The third-order valence-corrected chi connectivity index (χ3v) is 3.12. The SMILES string of the molecule is Nc1n[nH]c(-c2cc(Br)ccc2Br)c1F. The van der Waals surface area contributed by atoms with E-state index in [1.54, 1.807) is 6.07 Å². The van der Waals surface area contributed by atoms with Crippen molar-refractivity contribution in [2.75, 3.05) is 5.73 Å². The minimum Gasteiger partial charge on any atom is -0.380 e. The Morgan fingerprint density at radius 3 is 2.67 bits per heavy atom. The number of anilines is 1. The Bertz CT molecular complexity index is 510. The van der Waals surface area contributed by atoms with Gasteiger partial charge in [0.25, 0.3) is 0 Å². The first kappa shape index (κ1) is 10.6. The molecular formula is C9H6Br2FN3. The highest BCUT2D eigenvalue weighted by atomic mass is 79.9. The van der Waals surface area contributed by atoms with Gasteiger partial charge >= 0.3 is 0 Å². The van der Waals surface area contributed by atoms with Crippen LogP contribution in [0.1, 0.15) is 0 Å². The van der Waals surface area contributed by atoms with Crippen molar-refractivity contribution >= 4 is 37.7 Å². The Labute approximate surface area is 102 Å². The zero-order valence-corrected chi connectivity index (χ0v) is 10.6. The van der Waals surface area contributed by atoms with Crippen molar-refractivity contribution in [2.24, 2.45) is 0 Å². The molecule has 15 heavy (non-hydrogen) atoms. The Morgan fingerprint density at radius 2 is 2.07 bits per heavy atom. The van der Waals surface area contributed by atoms with E-state index in [0.717, 1.165) is 8.95 Å². The van der Waals surface area contributed by atoms with E-state index >= 15 is 0 Å². The average molecular weight is 335 g/mol. The molecule has 0 unspecified atom stereocenters. The smallest absolute Gasteiger partial charge is 0.192 e. The number of rotatable bonds is 1. The molecule has 0 saturated carbocycles. The molecule has 2 rings (SSSR count). The predicted octanol–water partition coefficient (Wildman–Crippen LogP) is 3.32. The summed E-state index contributed by atoms with van der Waals surface area (Å²) < 4.78 is 15.1. The van der Waals surface area contributed by atoms with Crippen molar-refractivity contribution in [3.8, 4) is 11.3 Å². The molecule has 0 saturated heterocycles. The summed E-state index contributed by atoms with van der Waals surface area (Å²) >= 11 is 6.65. The molecule has 0 spiro atoms. The highest BCUT2D eigenvalue weighted by molar-refractivity contribution is 9.11. The van der Waals surface area contributed by atoms with Gasteiger partial charge in [-0.15, -0.1) is 0 Å². The zero-order valence-electron chi connectivity index (χ0n) is 7.39. The van der Waals surface area contributed by atoms with Gasteiger partial charge in [-0.2, -0.15) is 5.10 Å². The number of hydrogen-bond acceptors (Lipinski definition) is 2. The van der Waals surface area contributed by atoms with Crippen molar-refractivity contribution in [2.45, 2.75) is 0 Å². The number of benzene rings is 1. The molecule has 0 fully saturated rings. The second-order valence-electron chi connectivity index (χ2n) is 2.92. The standard InChI is InChI=1S/C9H6Br2FN3/c10-4-1-2-6(11)5(3-4)8-7(12)9(13)15-14-8/h1-3H,(H3,13,14,15). The fourth-order valence-corrected chi connectivity index (χ4v) is 2.02. The first-order valence-corrected chi connectivity index (χ1v) is 5.63. The van der Waals surface area contributed by atoms with Crippen LogP contribution in [0.2, 0.25) is 0 Å². The quantitative estimate of drug-likeness (QED) is 0.840. The largest absolute Gasteiger partial charge is 0.380 e. The van der Waals surface area contributed by atoms with Crippen LogP contribution in [-0.4, -0.2) is 10.2 Å². The van der Waals surface area contributed by atoms with Crippen LogP contribution in [0.15, 0.2) is 27.1 Å². The van der Waals surface area contributed by atoms with Crippen molar-refractivity contribution in [3.05, 3.63) is 33.0 Å². The molecule has 3 nitrogen and oxygen atoms in total. The molecule has 0 radical (unpaired) electrons. The molecule has 1 aromatic carbocycles. The highest BCUT2D eigenvalue weighted by Gasteiger charge is 2.14. The Balaban J connectivity index is 2.63. The first-order chi connectivity index (χ1) is 7.09. The van der Waals surface area contributed by atoms with Gasteiger partial charge in [0.15, 0.2) is 11.6 Å². The van der Waals surface area contributed by atoms with E-state index < -0.39 is 5.82 Å². The van der Waals surface area contributed by atoms with Gasteiger partial charge in [0.1, 0.15) is 5.69 Å². The van der Waals surface area contributed by atoms with E-state index in [1.807, 2.05) is 12.1 Å². The van der Waals surface area contributed by atoms with Gasteiger partial charge in [-0.25, -0.2) is 4.39 Å². The van der Waals surface area contributed by atoms with Crippen LogP contribution < -0.4 is 5.73 Å². The lowest BCUT2D eigenvalue weighted by Crippen LogP contribution is -1.88. The van der Waals surface area contributed by atoms with E-state index in [0.29, 0.717) is 5.56 Å². The summed E-state index contributed by atoms with van der Waals surface area (Å²) in [5, 5.41) is 6.16. The highest BCUT2D eigenvalue weighted by Crippen LogP contribution is 2.32. The Hall–Kier alpha value is -0.880. The molecule has 78 valence electrons. The van der Waals surface area contributed by atoms with Crippen LogP contribution in [0.4, 0.5) is 10.2 Å². The normalized spacial score (nSPS) is 10.6. The third kappa shape index (κ3) is 1.91. The van der Waals surface area contributed by atoms with E-state index in [1.165, 1.54) is 0 Å². The van der Waals surface area contributed by atoms with Gasteiger partial charge in [0, 0.05) is 14.5 Å². The molecule has 1 heterocycles.